The summed E-state index contributed by atoms with van der Waals surface area (Å²) < 4.78 is 5.74. The lowest BCUT2D eigenvalue weighted by molar-refractivity contribution is -0.121. The molecule has 2 heterocycles. The lowest BCUT2D eigenvalue weighted by atomic mass is 10.1. The molecule has 0 unspecified atom stereocenters. The van der Waals surface area contributed by atoms with Crippen molar-refractivity contribution in [2.75, 3.05) is 17.2 Å². The highest BCUT2D eigenvalue weighted by molar-refractivity contribution is 6.10. The Morgan fingerprint density at radius 3 is 2.76 bits per heavy atom. The Labute approximate surface area is 144 Å². The summed E-state index contributed by atoms with van der Waals surface area (Å²) in [7, 11) is 0. The fourth-order valence-electron chi connectivity index (χ4n) is 2.45. The molecular formula is C17H17N5O3. The fourth-order valence-corrected chi connectivity index (χ4v) is 2.45. The Hall–Kier alpha value is -3.39. The van der Waals surface area contributed by atoms with E-state index in [2.05, 4.69) is 10.4 Å². The molecule has 0 fully saturated rings. The summed E-state index contributed by atoms with van der Waals surface area (Å²) in [6.45, 7) is 0.163. The third kappa shape index (κ3) is 3.59. The molecule has 128 valence electrons. The summed E-state index contributed by atoms with van der Waals surface area (Å²) in [4.78, 5) is 29.7. The van der Waals surface area contributed by atoms with Gasteiger partial charge in [0.25, 0.3) is 5.91 Å². The molecule has 1 aliphatic heterocycles. The van der Waals surface area contributed by atoms with Crippen LogP contribution in [0.3, 0.4) is 0 Å². The summed E-state index contributed by atoms with van der Waals surface area (Å²) in [5.74, 6) is 4.98. The van der Waals surface area contributed by atoms with Gasteiger partial charge in [0.05, 0.1) is 5.69 Å². The Balaban J connectivity index is 1.97. The number of hydrogen-bond donors (Lipinski definition) is 3. The minimum Gasteiger partial charge on any atom is -0.449 e. The number of anilines is 2. The Morgan fingerprint density at radius 1 is 1.28 bits per heavy atom. The average Bonchev–Trinajstić information content (AvgIpc) is 2.62. The van der Waals surface area contributed by atoms with Crippen molar-refractivity contribution in [3.8, 4) is 5.75 Å². The molecule has 0 radical (unpaired) electrons. The molecule has 1 aromatic carbocycles. The van der Waals surface area contributed by atoms with Gasteiger partial charge in [-0.3, -0.25) is 20.0 Å². The number of aromatic nitrogens is 1. The molecule has 0 bridgehead atoms. The van der Waals surface area contributed by atoms with E-state index < -0.39 is 0 Å². The highest BCUT2D eigenvalue weighted by Crippen LogP contribution is 2.37. The van der Waals surface area contributed by atoms with Gasteiger partial charge in [-0.05, 0) is 35.9 Å². The van der Waals surface area contributed by atoms with E-state index in [-0.39, 0.29) is 30.5 Å². The number of ether oxygens (including phenoxy) is 1. The van der Waals surface area contributed by atoms with Crippen LogP contribution in [0.4, 0.5) is 11.4 Å². The first-order valence-electron chi connectivity index (χ1n) is 7.59. The molecule has 8 nitrogen and oxygen atoms in total. The van der Waals surface area contributed by atoms with Gasteiger partial charge in [0.15, 0.2) is 11.5 Å². The molecule has 8 heteroatoms. The lowest BCUT2D eigenvalue weighted by Gasteiger charge is -2.30. The van der Waals surface area contributed by atoms with Gasteiger partial charge in [0.2, 0.25) is 5.91 Å². The van der Waals surface area contributed by atoms with Crippen molar-refractivity contribution in [1.82, 2.24) is 10.4 Å². The third-order valence-electron chi connectivity index (χ3n) is 3.68. The van der Waals surface area contributed by atoms with Crippen molar-refractivity contribution in [2.45, 2.75) is 6.42 Å². The number of nitrogens with one attached hydrogen (secondary N) is 1. The van der Waals surface area contributed by atoms with Crippen LogP contribution in [0.5, 0.6) is 5.75 Å². The second-order valence-corrected chi connectivity index (χ2v) is 5.39. The predicted octanol–water partition coefficient (Wildman–Crippen LogP) is 0.810. The maximum absolute atomic E-state index is 12.8. The van der Waals surface area contributed by atoms with Crippen LogP contribution in [0.25, 0.3) is 6.08 Å². The molecule has 0 aliphatic carbocycles. The number of nitrogens with zero attached hydrogens (tertiary/aromatic N) is 2. The number of benzene rings is 1. The van der Waals surface area contributed by atoms with Crippen molar-refractivity contribution in [3.63, 3.8) is 0 Å². The number of hydrazine groups is 1. The van der Waals surface area contributed by atoms with Gasteiger partial charge in [-0.25, -0.2) is 5.84 Å². The molecule has 1 aliphatic rings. The van der Waals surface area contributed by atoms with Crippen LogP contribution in [-0.4, -0.2) is 23.3 Å². The largest absolute Gasteiger partial charge is 0.449 e. The number of carbonyl (C=O) groups is 2. The van der Waals surface area contributed by atoms with Gasteiger partial charge in [-0.2, -0.15) is 0 Å². The van der Waals surface area contributed by atoms with E-state index in [4.69, 9.17) is 16.3 Å². The number of rotatable bonds is 4. The van der Waals surface area contributed by atoms with Gasteiger partial charge >= 0.3 is 0 Å². The topological polar surface area (TPSA) is 124 Å². The van der Waals surface area contributed by atoms with E-state index in [0.717, 1.165) is 5.56 Å². The van der Waals surface area contributed by atoms with Gasteiger partial charge in [-0.1, -0.05) is 0 Å². The van der Waals surface area contributed by atoms with E-state index in [9.17, 15) is 9.59 Å². The minimum absolute atomic E-state index is 0.0641. The van der Waals surface area contributed by atoms with Crippen LogP contribution in [0.1, 0.15) is 12.0 Å². The first-order valence-corrected chi connectivity index (χ1v) is 7.59. The van der Waals surface area contributed by atoms with Crippen LogP contribution in [0.15, 0.2) is 48.5 Å². The second-order valence-electron chi connectivity index (χ2n) is 5.39. The summed E-state index contributed by atoms with van der Waals surface area (Å²) in [5.41, 5.74) is 9.70. The summed E-state index contributed by atoms with van der Waals surface area (Å²) >= 11 is 0. The van der Waals surface area contributed by atoms with Gasteiger partial charge < -0.3 is 15.4 Å². The van der Waals surface area contributed by atoms with Crippen molar-refractivity contribution < 1.29 is 14.3 Å². The van der Waals surface area contributed by atoms with E-state index in [1.807, 2.05) is 0 Å². The van der Waals surface area contributed by atoms with Crippen molar-refractivity contribution >= 4 is 29.3 Å². The molecule has 0 spiro atoms. The molecule has 0 saturated carbocycles. The first kappa shape index (κ1) is 16.5. The average molecular weight is 339 g/mol. The smallest absolute Gasteiger partial charge is 0.294 e. The molecule has 5 N–H and O–H groups in total. The van der Waals surface area contributed by atoms with E-state index in [0.29, 0.717) is 17.1 Å². The standard InChI is InChI=1S/C17H17N5O3/c18-12-1-2-13-14(10-12)25-15(9-11-3-6-20-7-4-11)17(24)22(13)8-5-16(23)21-19/h1-4,6-7,9-10H,5,8,18-19H2,(H,21,23)/b15-9+. The molecule has 0 atom stereocenters. The number of pyridine rings is 1. The van der Waals surface area contributed by atoms with E-state index >= 15 is 0 Å². The van der Waals surface area contributed by atoms with Crippen LogP contribution >= 0.6 is 0 Å². The van der Waals surface area contributed by atoms with Crippen molar-refractivity contribution in [1.29, 1.82) is 0 Å². The molecule has 3 rings (SSSR count). The van der Waals surface area contributed by atoms with Gasteiger partial charge in [-0.15, -0.1) is 0 Å². The van der Waals surface area contributed by atoms with Crippen LogP contribution in [0.2, 0.25) is 0 Å². The van der Waals surface area contributed by atoms with E-state index in [1.54, 1.807) is 48.8 Å². The Morgan fingerprint density at radius 2 is 2.04 bits per heavy atom. The number of carbonyl (C=O) groups excluding carboxylic acids is 2. The van der Waals surface area contributed by atoms with Gasteiger partial charge in [0, 0.05) is 37.1 Å². The number of nitrogen functional groups attached to an aromatic ring is 1. The van der Waals surface area contributed by atoms with Gasteiger partial charge in [0.1, 0.15) is 0 Å². The van der Waals surface area contributed by atoms with Crippen LogP contribution in [0, 0.1) is 0 Å². The zero-order chi connectivity index (χ0) is 17.8. The highest BCUT2D eigenvalue weighted by atomic mass is 16.5. The zero-order valence-corrected chi connectivity index (χ0v) is 13.3. The lowest BCUT2D eigenvalue weighted by Crippen LogP contribution is -2.40. The minimum atomic E-state index is -0.365. The summed E-state index contributed by atoms with van der Waals surface area (Å²) in [6.07, 6.45) is 4.92. The summed E-state index contributed by atoms with van der Waals surface area (Å²) in [6, 6.07) is 8.50. The number of hydrogen-bond acceptors (Lipinski definition) is 6. The maximum atomic E-state index is 12.8. The number of fused-ring (bicyclic) bond motifs is 1. The molecular weight excluding hydrogens is 322 g/mol. The van der Waals surface area contributed by atoms with Crippen LogP contribution in [-0.2, 0) is 9.59 Å². The maximum Gasteiger partial charge on any atom is 0.294 e. The van der Waals surface area contributed by atoms with E-state index in [1.165, 1.54) is 4.90 Å². The predicted molar refractivity (Wildman–Crippen MR) is 93.0 cm³/mol. The zero-order valence-electron chi connectivity index (χ0n) is 13.3. The molecule has 25 heavy (non-hydrogen) atoms. The quantitative estimate of drug-likeness (QED) is 0.249. The number of nitrogens with two attached hydrogens (primary N) is 2. The second kappa shape index (κ2) is 7.02. The Bertz CT molecular complexity index is 835. The molecule has 2 aromatic rings. The SMILES string of the molecule is NNC(=O)CCN1C(=O)/C(=C\c2ccncc2)Oc2cc(N)ccc21. The van der Waals surface area contributed by atoms with Crippen molar-refractivity contribution in [3.05, 3.63) is 54.0 Å². The summed E-state index contributed by atoms with van der Waals surface area (Å²) in [5, 5.41) is 0. The fraction of sp³-hybridized carbons (Fsp3) is 0.118. The van der Waals surface area contributed by atoms with Crippen molar-refractivity contribution in [2.24, 2.45) is 5.84 Å². The molecule has 1 aromatic heterocycles. The highest BCUT2D eigenvalue weighted by Gasteiger charge is 2.30. The molecule has 2 amide bonds. The monoisotopic (exact) mass is 339 g/mol. The third-order valence-corrected chi connectivity index (χ3v) is 3.68. The molecule has 0 saturated heterocycles. The Kier molecular flexibility index (Phi) is 4.62. The normalized spacial score (nSPS) is 14.8. The first-order chi connectivity index (χ1) is 12.1. The number of amides is 2. The van der Waals surface area contributed by atoms with Crippen LogP contribution < -0.4 is 26.6 Å².